The highest BCUT2D eigenvalue weighted by atomic mass is 16.5. The summed E-state index contributed by atoms with van der Waals surface area (Å²) in [6, 6.07) is 0. The van der Waals surface area contributed by atoms with Gasteiger partial charge in [-0.3, -0.25) is 0 Å². The Balaban J connectivity index is 3.34. The van der Waals surface area contributed by atoms with Gasteiger partial charge in [-0.2, -0.15) is 5.10 Å². The molecule has 1 heterocycles. The Morgan fingerprint density at radius 3 is 2.41 bits per heavy atom. The maximum absolute atomic E-state index is 11.6. The highest BCUT2D eigenvalue weighted by Crippen LogP contribution is 2.25. The second kappa shape index (κ2) is 4.75. The minimum atomic E-state index is -0.508. The normalized spacial score (nSPS) is 11.6. The summed E-state index contributed by atoms with van der Waals surface area (Å²) < 4.78 is 11.3. The molecule has 0 fully saturated rings. The van der Waals surface area contributed by atoms with Crippen LogP contribution in [0.2, 0.25) is 0 Å². The van der Waals surface area contributed by atoms with Crippen LogP contribution in [-0.4, -0.2) is 30.0 Å². The molecule has 1 aromatic rings. The molecule has 0 bridgehead atoms. The maximum Gasteiger partial charge on any atom is 0.359 e. The molecule has 1 aromatic heterocycles. The standard InChI is InChI=1S/C11H19N3O3/c1-11(2,3)14-9(12)7(6-16-4)8(13-14)10(15)17-5/h6,12H2,1-5H3. The number of nitrogens with two attached hydrogens (primary N) is 1. The molecule has 1 rings (SSSR count). The number of rotatable bonds is 3. The first-order valence-corrected chi connectivity index (χ1v) is 5.28. The van der Waals surface area contributed by atoms with Gasteiger partial charge in [0.2, 0.25) is 0 Å². The zero-order valence-electron chi connectivity index (χ0n) is 10.9. The molecule has 0 atom stereocenters. The molecule has 0 radical (unpaired) electrons. The molecule has 0 saturated carbocycles. The van der Waals surface area contributed by atoms with E-state index in [1.165, 1.54) is 14.2 Å². The highest BCUT2D eigenvalue weighted by Gasteiger charge is 2.26. The zero-order chi connectivity index (χ0) is 13.2. The van der Waals surface area contributed by atoms with Gasteiger partial charge in [0.15, 0.2) is 5.69 Å². The quantitative estimate of drug-likeness (QED) is 0.803. The van der Waals surface area contributed by atoms with Gasteiger partial charge in [0.05, 0.1) is 24.8 Å². The van der Waals surface area contributed by atoms with Crippen molar-refractivity contribution < 1.29 is 14.3 Å². The van der Waals surface area contributed by atoms with Gasteiger partial charge < -0.3 is 15.2 Å². The largest absolute Gasteiger partial charge is 0.464 e. The van der Waals surface area contributed by atoms with Crippen molar-refractivity contribution in [2.75, 3.05) is 20.0 Å². The van der Waals surface area contributed by atoms with Crippen LogP contribution in [-0.2, 0) is 21.6 Å². The molecule has 0 spiro atoms. The molecule has 0 aliphatic carbocycles. The number of aromatic nitrogens is 2. The van der Waals surface area contributed by atoms with Crippen LogP contribution in [0.4, 0.5) is 5.82 Å². The molecular formula is C11H19N3O3. The number of hydrogen-bond donors (Lipinski definition) is 1. The lowest BCUT2D eigenvalue weighted by Gasteiger charge is -2.20. The molecule has 0 amide bonds. The van der Waals surface area contributed by atoms with E-state index >= 15 is 0 Å². The Morgan fingerprint density at radius 2 is 2.00 bits per heavy atom. The Bertz CT molecular complexity index is 418. The van der Waals surface area contributed by atoms with Gasteiger partial charge in [-0.05, 0) is 20.8 Å². The third kappa shape index (κ3) is 2.58. The van der Waals surface area contributed by atoms with Crippen molar-refractivity contribution in [3.8, 4) is 0 Å². The smallest absolute Gasteiger partial charge is 0.359 e. The van der Waals surface area contributed by atoms with Crippen molar-refractivity contribution in [2.24, 2.45) is 0 Å². The fraction of sp³-hybridized carbons (Fsp3) is 0.636. The summed E-state index contributed by atoms with van der Waals surface area (Å²) in [6.45, 7) is 6.09. The summed E-state index contributed by atoms with van der Waals surface area (Å²) in [5.41, 5.74) is 6.45. The fourth-order valence-electron chi connectivity index (χ4n) is 1.52. The van der Waals surface area contributed by atoms with Crippen LogP contribution in [0.5, 0.6) is 0 Å². The molecule has 2 N–H and O–H groups in total. The molecule has 6 heteroatoms. The van der Waals surface area contributed by atoms with E-state index in [1.54, 1.807) is 4.68 Å². The van der Waals surface area contributed by atoms with Gasteiger partial charge in [0, 0.05) is 7.11 Å². The summed E-state index contributed by atoms with van der Waals surface area (Å²) in [5.74, 6) is -0.0773. The molecule has 6 nitrogen and oxygen atoms in total. The average Bonchev–Trinajstić information content (AvgIpc) is 2.56. The lowest BCUT2D eigenvalue weighted by Crippen LogP contribution is -2.25. The van der Waals surface area contributed by atoms with E-state index in [2.05, 4.69) is 9.84 Å². The van der Waals surface area contributed by atoms with Gasteiger partial charge in [0.1, 0.15) is 5.82 Å². The molecule has 0 saturated heterocycles. The summed E-state index contributed by atoms with van der Waals surface area (Å²) in [7, 11) is 2.85. The van der Waals surface area contributed by atoms with E-state index in [0.29, 0.717) is 11.4 Å². The molecule has 0 unspecified atom stereocenters. The lowest BCUT2D eigenvalue weighted by atomic mass is 10.1. The number of methoxy groups -OCH3 is 2. The minimum Gasteiger partial charge on any atom is -0.464 e. The van der Waals surface area contributed by atoms with Crippen molar-refractivity contribution >= 4 is 11.8 Å². The topological polar surface area (TPSA) is 79.4 Å². The molecule has 0 aliphatic rings. The first-order valence-electron chi connectivity index (χ1n) is 5.28. The third-order valence-electron chi connectivity index (χ3n) is 2.33. The number of carbonyl (C=O) groups excluding carboxylic acids is 1. The lowest BCUT2D eigenvalue weighted by molar-refractivity contribution is 0.0587. The zero-order valence-corrected chi connectivity index (χ0v) is 10.9. The minimum absolute atomic E-state index is 0.210. The molecule has 96 valence electrons. The van der Waals surface area contributed by atoms with Crippen LogP contribution in [0, 0.1) is 0 Å². The number of anilines is 1. The Morgan fingerprint density at radius 1 is 1.41 bits per heavy atom. The number of esters is 1. The van der Waals surface area contributed by atoms with E-state index in [-0.39, 0.29) is 17.8 Å². The maximum atomic E-state index is 11.6. The summed E-state index contributed by atoms with van der Waals surface area (Å²) >= 11 is 0. The monoisotopic (exact) mass is 241 g/mol. The molecule has 0 aliphatic heterocycles. The summed E-state index contributed by atoms with van der Waals surface area (Å²) in [5, 5.41) is 4.21. The number of ether oxygens (including phenoxy) is 2. The van der Waals surface area contributed by atoms with E-state index in [4.69, 9.17) is 10.5 Å². The van der Waals surface area contributed by atoms with Crippen LogP contribution in [0.15, 0.2) is 0 Å². The van der Waals surface area contributed by atoms with Crippen LogP contribution < -0.4 is 5.73 Å². The predicted molar refractivity (Wildman–Crippen MR) is 63.7 cm³/mol. The van der Waals surface area contributed by atoms with E-state index in [0.717, 1.165) is 0 Å². The predicted octanol–water partition coefficient (Wildman–Crippen LogP) is 1.15. The average molecular weight is 241 g/mol. The van der Waals surface area contributed by atoms with Crippen molar-refractivity contribution in [1.82, 2.24) is 9.78 Å². The molecule has 17 heavy (non-hydrogen) atoms. The van der Waals surface area contributed by atoms with Crippen LogP contribution in [0.3, 0.4) is 0 Å². The van der Waals surface area contributed by atoms with Crippen molar-refractivity contribution in [1.29, 1.82) is 0 Å². The summed E-state index contributed by atoms with van der Waals surface area (Å²) in [6.07, 6.45) is 0. The van der Waals surface area contributed by atoms with Gasteiger partial charge >= 0.3 is 5.97 Å². The molecule has 0 aromatic carbocycles. The van der Waals surface area contributed by atoms with Gasteiger partial charge in [-0.15, -0.1) is 0 Å². The first-order chi connectivity index (χ1) is 7.82. The second-order valence-electron chi connectivity index (χ2n) is 4.72. The fourth-order valence-corrected chi connectivity index (χ4v) is 1.52. The van der Waals surface area contributed by atoms with Gasteiger partial charge in [-0.25, -0.2) is 9.48 Å². The highest BCUT2D eigenvalue weighted by molar-refractivity contribution is 5.90. The third-order valence-corrected chi connectivity index (χ3v) is 2.33. The van der Waals surface area contributed by atoms with Crippen LogP contribution in [0.1, 0.15) is 36.8 Å². The number of nitrogen functional groups attached to an aromatic ring is 1. The molecular weight excluding hydrogens is 222 g/mol. The number of carbonyl (C=O) groups is 1. The van der Waals surface area contributed by atoms with Crippen LogP contribution in [0.25, 0.3) is 0 Å². The van der Waals surface area contributed by atoms with Crippen molar-refractivity contribution in [3.63, 3.8) is 0 Å². The van der Waals surface area contributed by atoms with E-state index in [9.17, 15) is 4.79 Å². The van der Waals surface area contributed by atoms with Crippen LogP contribution >= 0.6 is 0 Å². The second-order valence-corrected chi connectivity index (χ2v) is 4.72. The van der Waals surface area contributed by atoms with E-state index in [1.807, 2.05) is 20.8 Å². The Hall–Kier alpha value is -1.56. The van der Waals surface area contributed by atoms with E-state index < -0.39 is 5.97 Å². The Labute approximate surface area is 101 Å². The van der Waals surface area contributed by atoms with Crippen molar-refractivity contribution in [2.45, 2.75) is 32.9 Å². The first kappa shape index (κ1) is 13.5. The van der Waals surface area contributed by atoms with Gasteiger partial charge in [-0.1, -0.05) is 0 Å². The number of hydrogen-bond acceptors (Lipinski definition) is 5. The number of nitrogens with zero attached hydrogens (tertiary/aromatic N) is 2. The summed E-state index contributed by atoms with van der Waals surface area (Å²) in [4.78, 5) is 11.6. The SMILES string of the molecule is COCc1c(C(=O)OC)nn(C(C)(C)C)c1N. The van der Waals surface area contributed by atoms with Gasteiger partial charge in [0.25, 0.3) is 0 Å². The van der Waals surface area contributed by atoms with Crippen molar-refractivity contribution in [3.05, 3.63) is 11.3 Å². The Kier molecular flexibility index (Phi) is 3.77.